The van der Waals surface area contributed by atoms with Crippen molar-refractivity contribution in [1.29, 1.82) is 0 Å². The van der Waals surface area contributed by atoms with E-state index in [1.807, 2.05) is 0 Å². The van der Waals surface area contributed by atoms with E-state index in [0.29, 0.717) is 10.8 Å². The van der Waals surface area contributed by atoms with Crippen LogP contribution in [0.1, 0.15) is 6.92 Å². The molecule has 0 amide bonds. The Balaban J connectivity index is 2.80. The van der Waals surface area contributed by atoms with Gasteiger partial charge in [-0.2, -0.15) is 0 Å². The van der Waals surface area contributed by atoms with E-state index in [1.165, 1.54) is 7.11 Å². The van der Waals surface area contributed by atoms with Gasteiger partial charge in [-0.3, -0.25) is 0 Å². The maximum atomic E-state index is 11.1. The van der Waals surface area contributed by atoms with Gasteiger partial charge in [-0.05, 0) is 41.1 Å². The summed E-state index contributed by atoms with van der Waals surface area (Å²) in [6.07, 6.45) is -0.662. The first-order chi connectivity index (χ1) is 7.04. The Morgan fingerprint density at radius 1 is 1.53 bits per heavy atom. The van der Waals surface area contributed by atoms with Crippen molar-refractivity contribution in [3.05, 3.63) is 27.7 Å². The van der Waals surface area contributed by atoms with Crippen LogP contribution in [-0.4, -0.2) is 19.2 Å². The third kappa shape index (κ3) is 3.39. The molecule has 0 unspecified atom stereocenters. The van der Waals surface area contributed by atoms with Crippen molar-refractivity contribution in [3.8, 4) is 5.75 Å². The van der Waals surface area contributed by atoms with Gasteiger partial charge in [0.1, 0.15) is 5.75 Å². The molecule has 1 aromatic carbocycles. The van der Waals surface area contributed by atoms with E-state index in [-0.39, 0.29) is 0 Å². The molecule has 0 saturated heterocycles. The topological polar surface area (TPSA) is 35.5 Å². The van der Waals surface area contributed by atoms with E-state index in [4.69, 9.17) is 16.3 Å². The second kappa shape index (κ2) is 5.37. The average Bonchev–Trinajstić information content (AvgIpc) is 2.22. The van der Waals surface area contributed by atoms with Gasteiger partial charge in [0.05, 0.1) is 11.6 Å². The molecular formula is C10H10BrClO3. The van der Waals surface area contributed by atoms with Crippen molar-refractivity contribution in [2.24, 2.45) is 0 Å². The van der Waals surface area contributed by atoms with Gasteiger partial charge in [-0.25, -0.2) is 4.79 Å². The van der Waals surface area contributed by atoms with Crippen molar-refractivity contribution in [2.75, 3.05) is 7.11 Å². The molecule has 82 valence electrons. The lowest BCUT2D eigenvalue weighted by molar-refractivity contribution is -0.147. The number of ether oxygens (including phenoxy) is 2. The zero-order valence-electron chi connectivity index (χ0n) is 8.29. The van der Waals surface area contributed by atoms with Crippen LogP contribution in [0.4, 0.5) is 0 Å². The van der Waals surface area contributed by atoms with E-state index in [2.05, 4.69) is 20.7 Å². The van der Waals surface area contributed by atoms with Crippen molar-refractivity contribution >= 4 is 33.5 Å². The zero-order chi connectivity index (χ0) is 11.4. The SMILES string of the molecule is COC(=O)[C@@H](C)Oc1cc(Cl)ccc1Br. The molecule has 0 bridgehead atoms. The van der Waals surface area contributed by atoms with Gasteiger partial charge in [0, 0.05) is 5.02 Å². The Hall–Kier alpha value is -0.740. The highest BCUT2D eigenvalue weighted by Crippen LogP contribution is 2.28. The van der Waals surface area contributed by atoms with Crippen molar-refractivity contribution in [1.82, 2.24) is 0 Å². The average molecular weight is 294 g/mol. The summed E-state index contributed by atoms with van der Waals surface area (Å²) in [5.74, 6) is 0.0854. The number of halogens is 2. The van der Waals surface area contributed by atoms with Gasteiger partial charge in [-0.15, -0.1) is 0 Å². The maximum absolute atomic E-state index is 11.1. The summed E-state index contributed by atoms with van der Waals surface area (Å²) in [6, 6.07) is 5.11. The molecule has 0 N–H and O–H groups in total. The van der Waals surface area contributed by atoms with E-state index in [9.17, 15) is 4.79 Å². The van der Waals surface area contributed by atoms with Crippen LogP contribution in [-0.2, 0) is 9.53 Å². The van der Waals surface area contributed by atoms with Gasteiger partial charge >= 0.3 is 5.97 Å². The zero-order valence-corrected chi connectivity index (χ0v) is 10.6. The molecule has 0 radical (unpaired) electrons. The molecule has 0 fully saturated rings. The van der Waals surface area contributed by atoms with Crippen LogP contribution in [0.15, 0.2) is 22.7 Å². The second-order valence-corrected chi connectivity index (χ2v) is 4.15. The van der Waals surface area contributed by atoms with Crippen LogP contribution in [0.5, 0.6) is 5.75 Å². The largest absolute Gasteiger partial charge is 0.478 e. The fourth-order valence-corrected chi connectivity index (χ4v) is 1.47. The lowest BCUT2D eigenvalue weighted by Crippen LogP contribution is -2.25. The molecule has 15 heavy (non-hydrogen) atoms. The third-order valence-electron chi connectivity index (χ3n) is 1.73. The smallest absolute Gasteiger partial charge is 0.346 e. The predicted molar refractivity (Wildman–Crippen MR) is 61.3 cm³/mol. The first-order valence-electron chi connectivity index (χ1n) is 4.24. The number of methoxy groups -OCH3 is 1. The Bertz CT molecular complexity index is 368. The number of hydrogen-bond donors (Lipinski definition) is 0. The number of hydrogen-bond acceptors (Lipinski definition) is 3. The summed E-state index contributed by atoms with van der Waals surface area (Å²) >= 11 is 9.09. The van der Waals surface area contributed by atoms with Crippen molar-refractivity contribution in [3.63, 3.8) is 0 Å². The molecular weight excluding hydrogens is 283 g/mol. The number of carbonyl (C=O) groups excluding carboxylic acids is 1. The van der Waals surface area contributed by atoms with Gasteiger partial charge in [0.2, 0.25) is 0 Å². The van der Waals surface area contributed by atoms with E-state index < -0.39 is 12.1 Å². The minimum Gasteiger partial charge on any atom is -0.478 e. The highest BCUT2D eigenvalue weighted by atomic mass is 79.9. The fourth-order valence-electron chi connectivity index (χ4n) is 0.972. The second-order valence-electron chi connectivity index (χ2n) is 2.86. The molecule has 3 nitrogen and oxygen atoms in total. The summed E-state index contributed by atoms with van der Waals surface area (Å²) in [7, 11) is 1.31. The summed E-state index contributed by atoms with van der Waals surface area (Å²) < 4.78 is 10.7. The molecule has 0 aliphatic heterocycles. The van der Waals surface area contributed by atoms with Crippen LogP contribution in [0, 0.1) is 0 Å². The molecule has 0 aliphatic rings. The normalized spacial score (nSPS) is 12.0. The van der Waals surface area contributed by atoms with Crippen molar-refractivity contribution in [2.45, 2.75) is 13.0 Å². The van der Waals surface area contributed by atoms with Gasteiger partial charge in [0.25, 0.3) is 0 Å². The number of esters is 1. The number of carbonyl (C=O) groups is 1. The monoisotopic (exact) mass is 292 g/mol. The molecule has 1 rings (SSSR count). The van der Waals surface area contributed by atoms with E-state index in [0.717, 1.165) is 4.47 Å². The van der Waals surface area contributed by atoms with Crippen LogP contribution in [0.25, 0.3) is 0 Å². The first-order valence-corrected chi connectivity index (χ1v) is 5.41. The van der Waals surface area contributed by atoms with E-state index >= 15 is 0 Å². The molecule has 5 heteroatoms. The van der Waals surface area contributed by atoms with E-state index in [1.54, 1.807) is 25.1 Å². The summed E-state index contributed by atoms with van der Waals surface area (Å²) in [6.45, 7) is 1.61. The Morgan fingerprint density at radius 3 is 2.80 bits per heavy atom. The lowest BCUT2D eigenvalue weighted by atomic mass is 10.3. The molecule has 0 saturated carbocycles. The first kappa shape index (κ1) is 12.3. The van der Waals surface area contributed by atoms with Gasteiger partial charge in [-0.1, -0.05) is 11.6 Å². The number of benzene rings is 1. The third-order valence-corrected chi connectivity index (χ3v) is 2.62. The molecule has 0 heterocycles. The minimum absolute atomic E-state index is 0.429. The maximum Gasteiger partial charge on any atom is 0.346 e. The van der Waals surface area contributed by atoms with Crippen LogP contribution >= 0.6 is 27.5 Å². The molecule has 1 aromatic rings. The van der Waals surface area contributed by atoms with Crippen LogP contribution in [0.2, 0.25) is 5.02 Å². The predicted octanol–water partition coefficient (Wildman–Crippen LogP) is 3.04. The van der Waals surface area contributed by atoms with Crippen LogP contribution < -0.4 is 4.74 Å². The highest BCUT2D eigenvalue weighted by Gasteiger charge is 2.16. The van der Waals surface area contributed by atoms with Crippen LogP contribution in [0.3, 0.4) is 0 Å². The standard InChI is InChI=1S/C10H10BrClO3/c1-6(10(13)14-2)15-9-5-7(12)3-4-8(9)11/h3-6H,1-2H3/t6-/m1/s1. The fraction of sp³-hybridized carbons (Fsp3) is 0.300. The van der Waals surface area contributed by atoms with Gasteiger partial charge in [0.15, 0.2) is 6.10 Å². The molecule has 0 spiro atoms. The summed E-state index contributed by atoms with van der Waals surface area (Å²) in [4.78, 5) is 11.1. The minimum atomic E-state index is -0.662. The number of rotatable bonds is 3. The highest BCUT2D eigenvalue weighted by molar-refractivity contribution is 9.10. The lowest BCUT2D eigenvalue weighted by Gasteiger charge is -2.13. The molecule has 1 atom stereocenters. The quantitative estimate of drug-likeness (QED) is 0.804. The summed E-state index contributed by atoms with van der Waals surface area (Å²) in [5, 5.41) is 0.547. The Labute approximate surface area is 101 Å². The Morgan fingerprint density at radius 2 is 2.20 bits per heavy atom. The molecule has 0 aliphatic carbocycles. The molecule has 0 aromatic heterocycles. The van der Waals surface area contributed by atoms with Crippen molar-refractivity contribution < 1.29 is 14.3 Å². The summed E-state index contributed by atoms with van der Waals surface area (Å²) in [5.41, 5.74) is 0. The Kier molecular flexibility index (Phi) is 4.42. The van der Waals surface area contributed by atoms with Gasteiger partial charge < -0.3 is 9.47 Å².